The number of benzene rings is 9. The van der Waals surface area contributed by atoms with Crippen molar-refractivity contribution >= 4 is 57.2 Å². The van der Waals surface area contributed by atoms with Gasteiger partial charge in [-0.3, -0.25) is 0 Å². The lowest BCUT2D eigenvalue weighted by molar-refractivity contribution is 0.589. The van der Waals surface area contributed by atoms with Crippen LogP contribution in [0.25, 0.3) is 22.3 Å². The topological polar surface area (TPSA) is 6.48 Å². The van der Waals surface area contributed by atoms with Crippen LogP contribution in [0.4, 0.5) is 34.1 Å². The highest BCUT2D eigenvalue weighted by Crippen LogP contribution is 2.45. The first-order valence-corrected chi connectivity index (χ1v) is 29.9. The molecule has 420 valence electrons. The zero-order chi connectivity index (χ0) is 59.4. The first-order chi connectivity index (χ1) is 38.4. The van der Waals surface area contributed by atoms with Crippen molar-refractivity contribution < 1.29 is 0 Å². The second-order valence-electron chi connectivity index (χ2n) is 28.8. The fourth-order valence-corrected chi connectivity index (χ4v) is 11.8. The van der Waals surface area contributed by atoms with Crippen molar-refractivity contribution in [2.75, 3.05) is 9.80 Å². The minimum absolute atomic E-state index is 0.0112. The Morgan fingerprint density at radius 1 is 0.329 bits per heavy atom. The van der Waals surface area contributed by atoms with E-state index in [0.717, 1.165) is 11.4 Å². The van der Waals surface area contributed by atoms with Crippen LogP contribution in [0.15, 0.2) is 188 Å². The van der Waals surface area contributed by atoms with Crippen molar-refractivity contribution in [2.24, 2.45) is 0 Å². The van der Waals surface area contributed by atoms with E-state index in [9.17, 15) is 0 Å². The summed E-state index contributed by atoms with van der Waals surface area (Å²) in [5.74, 6) is 0. The molecular weight excluding hydrogens is 988 g/mol. The highest BCUT2D eigenvalue weighted by Gasteiger charge is 2.39. The Bertz CT molecular complexity index is 3730. The van der Waals surface area contributed by atoms with Crippen LogP contribution in [0.3, 0.4) is 0 Å². The van der Waals surface area contributed by atoms with Gasteiger partial charge in [0.25, 0.3) is 0 Å². The highest BCUT2D eigenvalue weighted by atomic mass is 15.2. The Morgan fingerprint density at radius 3 is 1.35 bits per heavy atom. The smallest absolute Gasteiger partial charge is 0.247 e. The van der Waals surface area contributed by atoms with Gasteiger partial charge in [-0.25, -0.2) is 0 Å². The maximum atomic E-state index is 2.55. The zero-order valence-corrected chi connectivity index (χ0v) is 53.4. The normalized spacial score (nSPS) is 12.8. The molecular formula is C79H91BN2. The van der Waals surface area contributed by atoms with Gasteiger partial charge in [0.05, 0.1) is 0 Å². The molecule has 1 aliphatic heterocycles. The van der Waals surface area contributed by atoms with Gasteiger partial charge in [0.15, 0.2) is 0 Å². The predicted octanol–water partition coefficient (Wildman–Crippen LogP) is 20.5. The van der Waals surface area contributed by atoms with E-state index < -0.39 is 0 Å². The second-order valence-corrected chi connectivity index (χ2v) is 28.8. The summed E-state index contributed by atoms with van der Waals surface area (Å²) in [4.78, 5) is 5.02. The molecule has 1 heterocycles. The summed E-state index contributed by atoms with van der Waals surface area (Å²) < 4.78 is 0. The van der Waals surface area contributed by atoms with E-state index in [-0.39, 0.29) is 33.8 Å². The molecule has 0 amide bonds. The van der Waals surface area contributed by atoms with Gasteiger partial charge in [0.2, 0.25) is 6.71 Å². The van der Waals surface area contributed by atoms with E-state index in [2.05, 4.69) is 336 Å². The van der Waals surface area contributed by atoms with Gasteiger partial charge in [-0.05, 0) is 182 Å². The van der Waals surface area contributed by atoms with Gasteiger partial charge >= 0.3 is 0 Å². The number of fused-ring (bicyclic) bond motifs is 2. The van der Waals surface area contributed by atoms with Crippen molar-refractivity contribution in [1.29, 1.82) is 0 Å². The summed E-state index contributed by atoms with van der Waals surface area (Å²) in [5.41, 5.74) is 29.9. The third-order valence-electron chi connectivity index (χ3n) is 17.0. The fourth-order valence-electron chi connectivity index (χ4n) is 11.8. The van der Waals surface area contributed by atoms with Crippen LogP contribution in [-0.2, 0) is 27.1 Å². The average molecular weight is 1080 g/mol. The monoisotopic (exact) mass is 1080 g/mol. The summed E-state index contributed by atoms with van der Waals surface area (Å²) in [6.07, 6.45) is 0. The molecule has 0 saturated heterocycles. The van der Waals surface area contributed by atoms with Crippen molar-refractivity contribution in [1.82, 2.24) is 0 Å². The minimum atomic E-state index is -0.0112. The maximum absolute atomic E-state index is 2.55. The summed E-state index contributed by atoms with van der Waals surface area (Å²) in [6, 6.07) is 71.2. The molecule has 10 rings (SSSR count). The summed E-state index contributed by atoms with van der Waals surface area (Å²) in [5, 5.41) is 0. The number of hydrogen-bond donors (Lipinski definition) is 0. The van der Waals surface area contributed by atoms with Crippen LogP contribution >= 0.6 is 0 Å². The molecule has 0 saturated carbocycles. The van der Waals surface area contributed by atoms with Gasteiger partial charge in [0, 0.05) is 34.1 Å². The van der Waals surface area contributed by atoms with Gasteiger partial charge in [-0.1, -0.05) is 266 Å². The van der Waals surface area contributed by atoms with Crippen LogP contribution in [0.1, 0.15) is 159 Å². The molecule has 0 N–H and O–H groups in total. The van der Waals surface area contributed by atoms with Crippen molar-refractivity contribution in [3.63, 3.8) is 0 Å². The Hall–Kier alpha value is -7.36. The molecule has 0 radical (unpaired) electrons. The van der Waals surface area contributed by atoms with Gasteiger partial charge in [-0.2, -0.15) is 0 Å². The predicted molar refractivity (Wildman–Crippen MR) is 361 cm³/mol. The molecule has 9 aromatic carbocycles. The number of anilines is 6. The first kappa shape index (κ1) is 59.3. The molecule has 0 aliphatic carbocycles. The third kappa shape index (κ3) is 12.5. The Kier molecular flexibility index (Phi) is 16.2. The lowest BCUT2D eigenvalue weighted by atomic mass is 9.33. The molecule has 1 aliphatic rings. The molecule has 3 heteroatoms. The molecule has 9 aromatic rings. The number of aryl methyl sites for hydroxylation is 5. The SMILES string of the molecule is Cc1ccc(C(C)(C)C)cc1-c1ccc(C(C)(C)C)cc1.Cc1ccc(N(c2ccc(-c3ccccc3)cc2)c2cc(C)c3c(c2)N(c2ccc(C(C)(C)C)cc2)c2ccc(C(C)(C)C)cc2B3c2cc(C(C)(C)C)ccc2C)c(C)c1. The van der Waals surface area contributed by atoms with Crippen LogP contribution in [-0.4, -0.2) is 6.71 Å². The Balaban J connectivity index is 0.000000324. The molecule has 82 heavy (non-hydrogen) atoms. The number of nitrogens with zero attached hydrogens (tertiary/aromatic N) is 2. The largest absolute Gasteiger partial charge is 0.311 e. The molecule has 0 atom stereocenters. The van der Waals surface area contributed by atoms with E-state index >= 15 is 0 Å². The minimum Gasteiger partial charge on any atom is -0.311 e. The number of hydrogen-bond acceptors (Lipinski definition) is 2. The van der Waals surface area contributed by atoms with Crippen molar-refractivity contribution in [2.45, 2.75) is 166 Å². The highest BCUT2D eigenvalue weighted by molar-refractivity contribution is 6.98. The van der Waals surface area contributed by atoms with Gasteiger partial charge < -0.3 is 9.80 Å². The average Bonchev–Trinajstić information content (AvgIpc) is 1.14. The van der Waals surface area contributed by atoms with E-state index in [1.807, 2.05) is 0 Å². The summed E-state index contributed by atoms with van der Waals surface area (Å²) in [6.45, 7) is 45.8. The van der Waals surface area contributed by atoms with Crippen molar-refractivity contribution in [3.05, 3.63) is 244 Å². The van der Waals surface area contributed by atoms with Crippen LogP contribution < -0.4 is 26.2 Å². The number of rotatable bonds is 7. The summed E-state index contributed by atoms with van der Waals surface area (Å²) in [7, 11) is 0. The lowest BCUT2D eigenvalue weighted by Gasteiger charge is -2.40. The zero-order valence-electron chi connectivity index (χ0n) is 53.4. The Morgan fingerprint density at radius 2 is 0.805 bits per heavy atom. The standard InChI is InChI=1S/C58H63BN2.C21H28/c1-38-19-31-52(40(3)33-38)60(47-27-21-43(22-28-47)42-17-15-14-16-18-42)49-34-41(4)55-54(37-49)61(48-29-24-44(25-30-48)56(5,6)7)53-32-26-46(58(11,12)13)36-51(53)59(55)50-35-45(57(8,9)10)23-20-39(50)2;1-15-8-11-18(21(5,6)7)14-19(15)16-9-12-17(13-10-16)20(2,3)4/h14-37H,1-13H3;8-14H,1-7H3. The molecule has 0 spiro atoms. The molecule has 0 bridgehead atoms. The molecule has 0 fully saturated rings. The van der Waals surface area contributed by atoms with Gasteiger partial charge in [-0.15, -0.1) is 0 Å². The second kappa shape index (κ2) is 22.4. The van der Waals surface area contributed by atoms with E-state index in [1.165, 1.54) is 117 Å². The van der Waals surface area contributed by atoms with E-state index in [1.54, 1.807) is 0 Å². The van der Waals surface area contributed by atoms with Crippen LogP contribution in [0.2, 0.25) is 0 Å². The Labute approximate surface area is 495 Å². The van der Waals surface area contributed by atoms with Crippen LogP contribution in [0, 0.1) is 34.6 Å². The first-order valence-electron chi connectivity index (χ1n) is 29.9. The van der Waals surface area contributed by atoms with E-state index in [0.29, 0.717) is 0 Å². The quantitative estimate of drug-likeness (QED) is 0.147. The molecule has 0 aromatic heterocycles. The fraction of sp³-hybridized carbons (Fsp3) is 0.316. The third-order valence-corrected chi connectivity index (χ3v) is 17.0. The maximum Gasteiger partial charge on any atom is 0.247 e. The summed E-state index contributed by atoms with van der Waals surface area (Å²) >= 11 is 0. The van der Waals surface area contributed by atoms with E-state index in [4.69, 9.17) is 0 Å². The van der Waals surface area contributed by atoms with Crippen LogP contribution in [0.5, 0.6) is 0 Å². The molecule has 0 unspecified atom stereocenters. The lowest BCUT2D eigenvalue weighted by Crippen LogP contribution is -2.59. The van der Waals surface area contributed by atoms with Crippen molar-refractivity contribution in [3.8, 4) is 22.3 Å². The molecule has 2 nitrogen and oxygen atoms in total. The van der Waals surface area contributed by atoms with Gasteiger partial charge in [0.1, 0.15) is 0 Å².